The lowest BCUT2D eigenvalue weighted by Gasteiger charge is -2.43. The molecule has 1 amide bonds. The molecule has 0 atom stereocenters. The third kappa shape index (κ3) is 5.57. The summed E-state index contributed by atoms with van der Waals surface area (Å²) in [7, 11) is 1.66. The molecule has 2 aromatic rings. The maximum Gasteiger partial charge on any atom is 0.273 e. The van der Waals surface area contributed by atoms with Gasteiger partial charge in [-0.2, -0.15) is 0 Å². The Morgan fingerprint density at radius 1 is 1.25 bits per heavy atom. The molecule has 1 aromatic carbocycles. The Bertz CT molecular complexity index is 942. The van der Waals surface area contributed by atoms with Crippen LogP contribution in [0.2, 0.25) is 0 Å². The van der Waals surface area contributed by atoms with Gasteiger partial charge in [0.25, 0.3) is 5.91 Å². The summed E-state index contributed by atoms with van der Waals surface area (Å²) in [6.07, 6.45) is 5.98. The molecule has 0 bridgehead atoms. The molecule has 1 aromatic heterocycles. The molecule has 1 aliphatic rings. The van der Waals surface area contributed by atoms with Gasteiger partial charge in [0.05, 0.1) is 12.9 Å². The molecule has 170 valence electrons. The van der Waals surface area contributed by atoms with Gasteiger partial charge in [0.1, 0.15) is 6.67 Å². The summed E-state index contributed by atoms with van der Waals surface area (Å²) in [5, 5.41) is 6.04. The number of benzene rings is 1. The first-order chi connectivity index (χ1) is 15.6. The average molecular weight is 441 g/mol. The average Bonchev–Trinajstić information content (AvgIpc) is 2.84. The first kappa shape index (κ1) is 23.1. The predicted molar refractivity (Wildman–Crippen MR) is 124 cm³/mol. The predicted octanol–water partition coefficient (Wildman–Crippen LogP) is 1.40. The quantitative estimate of drug-likeness (QED) is 0.442. The molecule has 10 heteroatoms. The van der Waals surface area contributed by atoms with Crippen LogP contribution in [0.25, 0.3) is 0 Å². The van der Waals surface area contributed by atoms with E-state index in [-0.39, 0.29) is 29.4 Å². The standard InChI is InChI=1S/C22H29FN8O/c1-25-16-30-21(28-10-9-23)31-13-7-22(8-14-31,17-5-3-2-4-6-17)15-29-20(32)18-19(24)27-12-11-26-18/h2-6,11-12,16H,7-10,13-15H2,1H3,(H2,24,27)(H,29,32)(H,25,28,30). The number of rotatable bonds is 7. The van der Waals surface area contributed by atoms with Crippen molar-refractivity contribution in [3.63, 3.8) is 0 Å². The van der Waals surface area contributed by atoms with Gasteiger partial charge in [-0.1, -0.05) is 30.3 Å². The Morgan fingerprint density at radius 2 is 1.97 bits per heavy atom. The molecular weight excluding hydrogens is 411 g/mol. The second kappa shape index (κ2) is 11.2. The van der Waals surface area contributed by atoms with Crippen LogP contribution in [0.4, 0.5) is 10.2 Å². The number of anilines is 1. The zero-order chi connectivity index (χ0) is 22.8. The summed E-state index contributed by atoms with van der Waals surface area (Å²) >= 11 is 0. The van der Waals surface area contributed by atoms with Crippen LogP contribution < -0.4 is 16.4 Å². The Hall–Kier alpha value is -3.56. The Labute approximate surface area is 187 Å². The van der Waals surface area contributed by atoms with Crippen molar-refractivity contribution in [2.45, 2.75) is 18.3 Å². The highest BCUT2D eigenvalue weighted by molar-refractivity contribution is 5.96. The van der Waals surface area contributed by atoms with Crippen molar-refractivity contribution in [1.82, 2.24) is 25.5 Å². The fraction of sp³-hybridized carbons (Fsp3) is 0.409. The number of aliphatic imine (C=N–C) groups is 2. The van der Waals surface area contributed by atoms with Gasteiger partial charge in [0, 0.05) is 44.5 Å². The van der Waals surface area contributed by atoms with Crippen LogP contribution in [0.15, 0.2) is 52.7 Å². The van der Waals surface area contributed by atoms with E-state index in [1.165, 1.54) is 12.4 Å². The van der Waals surface area contributed by atoms with Crippen LogP contribution in [-0.2, 0) is 5.41 Å². The van der Waals surface area contributed by atoms with E-state index in [9.17, 15) is 9.18 Å². The summed E-state index contributed by atoms with van der Waals surface area (Å²) in [4.78, 5) is 31.0. The molecule has 0 aliphatic carbocycles. The van der Waals surface area contributed by atoms with Gasteiger partial charge in [-0.3, -0.25) is 14.8 Å². The molecule has 2 heterocycles. The number of nitrogens with zero attached hydrogens (tertiary/aromatic N) is 5. The van der Waals surface area contributed by atoms with Gasteiger partial charge in [-0.25, -0.2) is 14.4 Å². The van der Waals surface area contributed by atoms with Crippen LogP contribution in [0.5, 0.6) is 0 Å². The Kier molecular flexibility index (Phi) is 8.07. The zero-order valence-corrected chi connectivity index (χ0v) is 18.2. The Balaban J connectivity index is 1.76. The number of halogens is 1. The number of carbonyl (C=O) groups excluding carboxylic acids is 1. The largest absolute Gasteiger partial charge is 0.382 e. The highest BCUT2D eigenvalue weighted by Gasteiger charge is 2.37. The van der Waals surface area contributed by atoms with Gasteiger partial charge in [-0.05, 0) is 18.4 Å². The van der Waals surface area contributed by atoms with Crippen molar-refractivity contribution >= 4 is 24.0 Å². The molecule has 0 saturated carbocycles. The minimum absolute atomic E-state index is 0.0931. The summed E-state index contributed by atoms with van der Waals surface area (Å²) in [6, 6.07) is 10.1. The van der Waals surface area contributed by atoms with Gasteiger partial charge in [0.15, 0.2) is 17.5 Å². The molecule has 0 spiro atoms. The van der Waals surface area contributed by atoms with Gasteiger partial charge in [-0.15, -0.1) is 0 Å². The van der Waals surface area contributed by atoms with Crippen molar-refractivity contribution in [2.24, 2.45) is 9.98 Å². The van der Waals surface area contributed by atoms with E-state index in [2.05, 4.69) is 47.6 Å². The summed E-state index contributed by atoms with van der Waals surface area (Å²) in [6.45, 7) is 1.38. The number of nitrogen functional groups attached to an aromatic ring is 1. The van der Waals surface area contributed by atoms with E-state index >= 15 is 0 Å². The van der Waals surface area contributed by atoms with Crippen molar-refractivity contribution < 1.29 is 9.18 Å². The first-order valence-electron chi connectivity index (χ1n) is 10.5. The molecule has 0 unspecified atom stereocenters. The van der Waals surface area contributed by atoms with Crippen LogP contribution in [0.1, 0.15) is 28.9 Å². The minimum Gasteiger partial charge on any atom is -0.382 e. The molecule has 1 aliphatic heterocycles. The lowest BCUT2D eigenvalue weighted by Crippen LogP contribution is -2.53. The molecule has 0 radical (unpaired) electrons. The van der Waals surface area contributed by atoms with E-state index in [0.717, 1.165) is 18.4 Å². The smallest absolute Gasteiger partial charge is 0.273 e. The first-order valence-corrected chi connectivity index (χ1v) is 10.5. The van der Waals surface area contributed by atoms with Crippen LogP contribution in [0, 0.1) is 0 Å². The van der Waals surface area contributed by atoms with Gasteiger partial charge < -0.3 is 21.3 Å². The number of carbonyl (C=O) groups is 1. The SMILES string of the molecule is CN=CNC(=NCCF)N1CCC(CNC(=O)c2nccnc2N)(c2ccccc2)CC1. The van der Waals surface area contributed by atoms with Gasteiger partial charge in [0.2, 0.25) is 0 Å². The van der Waals surface area contributed by atoms with E-state index in [4.69, 9.17) is 5.73 Å². The normalized spacial score (nSPS) is 16.2. The van der Waals surface area contributed by atoms with Crippen molar-refractivity contribution in [3.8, 4) is 0 Å². The van der Waals surface area contributed by atoms with E-state index < -0.39 is 6.67 Å². The van der Waals surface area contributed by atoms with Gasteiger partial charge >= 0.3 is 0 Å². The number of alkyl halides is 1. The maximum absolute atomic E-state index is 12.7. The van der Waals surface area contributed by atoms with Crippen molar-refractivity contribution in [3.05, 3.63) is 54.0 Å². The highest BCUT2D eigenvalue weighted by Crippen LogP contribution is 2.35. The number of guanidine groups is 1. The second-order valence-corrected chi connectivity index (χ2v) is 7.53. The summed E-state index contributed by atoms with van der Waals surface area (Å²) < 4.78 is 12.7. The number of piperidine rings is 1. The lowest BCUT2D eigenvalue weighted by atomic mass is 9.72. The Morgan fingerprint density at radius 3 is 2.62 bits per heavy atom. The monoisotopic (exact) mass is 440 g/mol. The fourth-order valence-corrected chi connectivity index (χ4v) is 3.87. The minimum atomic E-state index is -0.520. The maximum atomic E-state index is 12.7. The molecule has 3 rings (SSSR count). The third-order valence-electron chi connectivity index (χ3n) is 5.60. The number of aromatic nitrogens is 2. The van der Waals surface area contributed by atoms with Crippen LogP contribution in [0.3, 0.4) is 0 Å². The highest BCUT2D eigenvalue weighted by atomic mass is 19.1. The summed E-state index contributed by atoms with van der Waals surface area (Å²) in [5.74, 6) is 0.358. The summed E-state index contributed by atoms with van der Waals surface area (Å²) in [5.41, 5.74) is 6.81. The molecule has 1 fully saturated rings. The number of nitrogens with two attached hydrogens (primary N) is 1. The van der Waals surface area contributed by atoms with E-state index in [1.807, 2.05) is 18.2 Å². The topological polar surface area (TPSA) is 121 Å². The zero-order valence-electron chi connectivity index (χ0n) is 18.2. The lowest BCUT2D eigenvalue weighted by molar-refractivity contribution is 0.0927. The number of nitrogens with one attached hydrogen (secondary N) is 2. The molecule has 1 saturated heterocycles. The van der Waals surface area contributed by atoms with Crippen LogP contribution >= 0.6 is 0 Å². The second-order valence-electron chi connectivity index (χ2n) is 7.53. The van der Waals surface area contributed by atoms with E-state index in [0.29, 0.717) is 25.6 Å². The van der Waals surface area contributed by atoms with Crippen LogP contribution in [-0.4, -0.2) is 73.0 Å². The van der Waals surface area contributed by atoms with Crippen molar-refractivity contribution in [2.75, 3.05) is 45.6 Å². The number of amides is 1. The molecule has 32 heavy (non-hydrogen) atoms. The molecular formula is C22H29FN8O. The fourth-order valence-electron chi connectivity index (χ4n) is 3.87. The molecule has 9 nitrogen and oxygen atoms in total. The third-order valence-corrected chi connectivity index (χ3v) is 5.60. The number of hydrogen-bond donors (Lipinski definition) is 3. The van der Waals surface area contributed by atoms with E-state index in [1.54, 1.807) is 13.4 Å². The number of hydrogen-bond acceptors (Lipinski definition) is 6. The number of likely N-dealkylation sites (tertiary alicyclic amines) is 1. The van der Waals surface area contributed by atoms with Crippen molar-refractivity contribution in [1.29, 1.82) is 0 Å². The molecule has 4 N–H and O–H groups in total.